The van der Waals surface area contributed by atoms with Gasteiger partial charge in [0.1, 0.15) is 0 Å². The summed E-state index contributed by atoms with van der Waals surface area (Å²) in [5.74, 6) is 2.80. The lowest BCUT2D eigenvalue weighted by molar-refractivity contribution is -0.135. The maximum Gasteiger partial charge on any atom is 0.226 e. The summed E-state index contributed by atoms with van der Waals surface area (Å²) < 4.78 is 0. The number of likely N-dealkylation sites (tertiary alicyclic amines) is 1. The van der Waals surface area contributed by atoms with Crippen LogP contribution in [0.5, 0.6) is 0 Å². The van der Waals surface area contributed by atoms with E-state index in [0.29, 0.717) is 23.8 Å². The van der Waals surface area contributed by atoms with Crippen LogP contribution in [0.25, 0.3) is 0 Å². The molecule has 1 saturated heterocycles. The minimum atomic E-state index is 0.294. The molecule has 90 valence electrons. The highest BCUT2D eigenvalue weighted by molar-refractivity contribution is 5.82. The number of rotatable bonds is 1. The predicted molar refractivity (Wildman–Crippen MR) is 62.7 cm³/mol. The van der Waals surface area contributed by atoms with Crippen molar-refractivity contribution in [2.45, 2.75) is 38.6 Å². The van der Waals surface area contributed by atoms with Crippen LogP contribution in [0.1, 0.15) is 32.6 Å². The van der Waals surface area contributed by atoms with Gasteiger partial charge in [0.05, 0.1) is 0 Å². The van der Waals surface area contributed by atoms with Crippen LogP contribution in [0.2, 0.25) is 0 Å². The van der Waals surface area contributed by atoms with Gasteiger partial charge in [0.15, 0.2) is 0 Å². The van der Waals surface area contributed by atoms with E-state index >= 15 is 0 Å². The third-order valence-electron chi connectivity index (χ3n) is 4.97. The fourth-order valence-corrected chi connectivity index (χ4v) is 3.76. The van der Waals surface area contributed by atoms with Crippen molar-refractivity contribution >= 4 is 5.91 Å². The molecule has 2 N–H and O–H groups in total. The Kier molecular flexibility index (Phi) is 2.46. The fraction of sp³-hybridized carbons (Fsp3) is 0.923. The van der Waals surface area contributed by atoms with E-state index < -0.39 is 0 Å². The minimum absolute atomic E-state index is 0.294. The molecule has 4 atom stereocenters. The second-order valence-electron chi connectivity index (χ2n) is 6.00. The molecule has 2 aliphatic carbocycles. The Morgan fingerprint density at radius 3 is 2.56 bits per heavy atom. The van der Waals surface area contributed by atoms with E-state index in [1.54, 1.807) is 0 Å². The quantitative estimate of drug-likeness (QED) is 0.725. The van der Waals surface area contributed by atoms with Crippen LogP contribution in [0.3, 0.4) is 0 Å². The first-order chi connectivity index (χ1) is 7.68. The Labute approximate surface area is 97.4 Å². The van der Waals surface area contributed by atoms with Crippen LogP contribution < -0.4 is 5.73 Å². The van der Waals surface area contributed by atoms with Crippen molar-refractivity contribution in [2.24, 2.45) is 29.4 Å². The molecule has 1 heterocycles. The van der Waals surface area contributed by atoms with Gasteiger partial charge in [-0.15, -0.1) is 0 Å². The summed E-state index contributed by atoms with van der Waals surface area (Å²) in [5.41, 5.74) is 5.99. The first kappa shape index (κ1) is 10.6. The lowest BCUT2D eigenvalue weighted by Gasteiger charge is -2.35. The Morgan fingerprint density at radius 2 is 1.94 bits per heavy atom. The summed E-state index contributed by atoms with van der Waals surface area (Å²) in [4.78, 5) is 14.4. The van der Waals surface area contributed by atoms with Gasteiger partial charge < -0.3 is 10.6 Å². The fourth-order valence-electron chi connectivity index (χ4n) is 3.76. The highest BCUT2D eigenvalue weighted by Gasteiger charge is 2.57. The van der Waals surface area contributed by atoms with Crippen molar-refractivity contribution in [1.82, 2.24) is 4.90 Å². The minimum Gasteiger partial charge on any atom is -0.342 e. The maximum atomic E-state index is 12.3. The summed E-state index contributed by atoms with van der Waals surface area (Å²) in [5, 5.41) is 0. The molecule has 3 aliphatic rings. The number of hydrogen-bond donors (Lipinski definition) is 1. The zero-order valence-corrected chi connectivity index (χ0v) is 10.1. The van der Waals surface area contributed by atoms with Crippen molar-refractivity contribution in [3.05, 3.63) is 0 Å². The van der Waals surface area contributed by atoms with Crippen LogP contribution in [0.4, 0.5) is 0 Å². The average molecular weight is 222 g/mol. The number of hydrogen-bond acceptors (Lipinski definition) is 2. The highest BCUT2D eigenvalue weighted by atomic mass is 16.2. The molecule has 3 heteroatoms. The second kappa shape index (κ2) is 3.73. The number of nitrogens with two attached hydrogens (primary N) is 1. The van der Waals surface area contributed by atoms with E-state index in [0.717, 1.165) is 31.3 Å². The summed E-state index contributed by atoms with van der Waals surface area (Å²) in [7, 11) is 0. The van der Waals surface area contributed by atoms with E-state index in [1.807, 2.05) is 0 Å². The first-order valence-electron chi connectivity index (χ1n) is 6.73. The number of nitrogens with zero attached hydrogens (tertiary/aromatic N) is 1. The second-order valence-corrected chi connectivity index (χ2v) is 6.00. The van der Waals surface area contributed by atoms with E-state index in [4.69, 9.17) is 5.73 Å². The lowest BCUT2D eigenvalue weighted by atomic mass is 9.94. The van der Waals surface area contributed by atoms with Gasteiger partial charge in [-0.1, -0.05) is 13.3 Å². The molecule has 1 aliphatic heterocycles. The first-order valence-corrected chi connectivity index (χ1v) is 6.73. The van der Waals surface area contributed by atoms with Crippen LogP contribution in [-0.2, 0) is 4.79 Å². The largest absolute Gasteiger partial charge is 0.342 e. The highest BCUT2D eigenvalue weighted by Crippen LogP contribution is 2.58. The van der Waals surface area contributed by atoms with Crippen molar-refractivity contribution in [3.63, 3.8) is 0 Å². The predicted octanol–water partition coefficient (Wildman–Crippen LogP) is 1.23. The standard InChI is InChI=1S/C13H22N2O/c1-8-7-15(6-5-11(8)14)13(16)12-9-3-2-4-10(9)12/h8-12H,2-7,14H2,1H3. The molecule has 3 nitrogen and oxygen atoms in total. The summed E-state index contributed by atoms with van der Waals surface area (Å²) in [6.07, 6.45) is 4.92. The van der Waals surface area contributed by atoms with Gasteiger partial charge >= 0.3 is 0 Å². The third-order valence-corrected chi connectivity index (χ3v) is 4.97. The molecule has 0 aromatic heterocycles. The van der Waals surface area contributed by atoms with Gasteiger partial charge in [-0.05, 0) is 37.0 Å². The molecule has 0 aromatic rings. The molecule has 4 unspecified atom stereocenters. The Morgan fingerprint density at radius 1 is 1.25 bits per heavy atom. The Balaban J connectivity index is 1.60. The van der Waals surface area contributed by atoms with E-state index in [9.17, 15) is 4.79 Å². The third kappa shape index (κ3) is 1.56. The molecule has 3 rings (SSSR count). The van der Waals surface area contributed by atoms with E-state index in [2.05, 4.69) is 11.8 Å². The number of piperidine rings is 1. The van der Waals surface area contributed by atoms with Gasteiger partial charge in [0.2, 0.25) is 5.91 Å². The Hall–Kier alpha value is -0.570. The van der Waals surface area contributed by atoms with Crippen molar-refractivity contribution in [1.29, 1.82) is 0 Å². The zero-order valence-electron chi connectivity index (χ0n) is 10.1. The van der Waals surface area contributed by atoms with Gasteiger partial charge in [0, 0.05) is 25.0 Å². The van der Waals surface area contributed by atoms with Crippen molar-refractivity contribution < 1.29 is 4.79 Å². The van der Waals surface area contributed by atoms with Crippen LogP contribution in [0.15, 0.2) is 0 Å². The molecule has 1 amide bonds. The van der Waals surface area contributed by atoms with Gasteiger partial charge in [-0.2, -0.15) is 0 Å². The zero-order chi connectivity index (χ0) is 11.3. The SMILES string of the molecule is CC1CN(C(=O)C2C3CCCC32)CCC1N. The molecule has 16 heavy (non-hydrogen) atoms. The van der Waals surface area contributed by atoms with Crippen molar-refractivity contribution in [3.8, 4) is 0 Å². The number of fused-ring (bicyclic) bond motifs is 1. The number of carbonyl (C=O) groups is 1. The molecular weight excluding hydrogens is 200 g/mol. The summed E-state index contributed by atoms with van der Waals surface area (Å²) in [6, 6.07) is 0.294. The molecule has 0 bridgehead atoms. The normalized spacial score (nSPS) is 46.6. The Bertz CT molecular complexity index is 294. The lowest BCUT2D eigenvalue weighted by Crippen LogP contribution is -2.48. The monoisotopic (exact) mass is 222 g/mol. The average Bonchev–Trinajstić information content (AvgIpc) is 2.74. The van der Waals surface area contributed by atoms with Crippen LogP contribution in [-0.4, -0.2) is 29.9 Å². The number of amides is 1. The van der Waals surface area contributed by atoms with E-state index in [1.165, 1.54) is 19.3 Å². The molecule has 0 radical (unpaired) electrons. The number of carbonyl (C=O) groups excluding carboxylic acids is 1. The van der Waals surface area contributed by atoms with Crippen LogP contribution in [0, 0.1) is 23.7 Å². The van der Waals surface area contributed by atoms with E-state index in [-0.39, 0.29) is 0 Å². The van der Waals surface area contributed by atoms with Gasteiger partial charge in [-0.3, -0.25) is 4.79 Å². The van der Waals surface area contributed by atoms with Crippen LogP contribution >= 0.6 is 0 Å². The molecule has 2 saturated carbocycles. The summed E-state index contributed by atoms with van der Waals surface area (Å²) >= 11 is 0. The molecule has 0 aromatic carbocycles. The molecule has 3 fully saturated rings. The maximum absolute atomic E-state index is 12.3. The smallest absolute Gasteiger partial charge is 0.226 e. The van der Waals surface area contributed by atoms with Crippen molar-refractivity contribution in [2.75, 3.05) is 13.1 Å². The summed E-state index contributed by atoms with van der Waals surface area (Å²) in [6.45, 7) is 3.94. The topological polar surface area (TPSA) is 46.3 Å². The molecule has 0 spiro atoms. The van der Waals surface area contributed by atoms with Gasteiger partial charge in [-0.25, -0.2) is 0 Å². The van der Waals surface area contributed by atoms with Gasteiger partial charge in [0.25, 0.3) is 0 Å². The molecular formula is C13H22N2O.